The molecule has 0 spiro atoms. The zero-order valence-corrected chi connectivity index (χ0v) is 8.80. The van der Waals surface area contributed by atoms with Gasteiger partial charge in [0.1, 0.15) is 6.10 Å². The number of ketones is 1. The van der Waals surface area contributed by atoms with Crippen LogP contribution in [0.3, 0.4) is 0 Å². The molecule has 1 unspecified atom stereocenters. The minimum atomic E-state index is -0.330. The molecule has 0 bridgehead atoms. The van der Waals surface area contributed by atoms with Crippen LogP contribution in [-0.2, 0) is 14.3 Å². The minimum Gasteiger partial charge on any atom is -0.458 e. The topological polar surface area (TPSA) is 43.4 Å². The SMILES string of the molecule is CC(=O)OC(C)/C(C)=C(/C)C(C)=O. The van der Waals surface area contributed by atoms with Crippen LogP contribution in [-0.4, -0.2) is 17.9 Å². The molecule has 0 heterocycles. The first-order valence-corrected chi connectivity index (χ1v) is 4.21. The summed E-state index contributed by atoms with van der Waals surface area (Å²) >= 11 is 0. The highest BCUT2D eigenvalue weighted by atomic mass is 16.5. The highest BCUT2D eigenvalue weighted by Crippen LogP contribution is 2.12. The van der Waals surface area contributed by atoms with Crippen LogP contribution in [0.15, 0.2) is 11.1 Å². The summed E-state index contributed by atoms with van der Waals surface area (Å²) in [5.41, 5.74) is 1.47. The fraction of sp³-hybridized carbons (Fsp3) is 0.600. The maximum absolute atomic E-state index is 11.0. The van der Waals surface area contributed by atoms with Gasteiger partial charge in [0.2, 0.25) is 0 Å². The van der Waals surface area contributed by atoms with Crippen molar-refractivity contribution in [3.8, 4) is 0 Å². The van der Waals surface area contributed by atoms with E-state index >= 15 is 0 Å². The molecule has 0 aromatic rings. The lowest BCUT2D eigenvalue weighted by atomic mass is 10.0. The molecule has 0 fully saturated rings. The Hall–Kier alpha value is -1.12. The van der Waals surface area contributed by atoms with Crippen molar-refractivity contribution in [2.24, 2.45) is 0 Å². The molecule has 0 aliphatic carbocycles. The van der Waals surface area contributed by atoms with Crippen LogP contribution in [0.1, 0.15) is 34.6 Å². The lowest BCUT2D eigenvalue weighted by molar-refractivity contribution is -0.144. The van der Waals surface area contributed by atoms with E-state index in [1.54, 1.807) is 20.8 Å². The molecular formula is C10H16O3. The van der Waals surface area contributed by atoms with Crippen molar-refractivity contribution in [3.63, 3.8) is 0 Å². The second-order valence-corrected chi connectivity index (χ2v) is 3.12. The first-order chi connectivity index (χ1) is 5.86. The molecule has 74 valence electrons. The number of carbonyl (C=O) groups excluding carboxylic acids is 2. The molecular weight excluding hydrogens is 168 g/mol. The third-order valence-electron chi connectivity index (χ3n) is 2.07. The number of carbonyl (C=O) groups is 2. The predicted octanol–water partition coefficient (Wildman–Crippen LogP) is 1.86. The molecule has 13 heavy (non-hydrogen) atoms. The molecule has 0 aromatic carbocycles. The number of esters is 1. The van der Waals surface area contributed by atoms with Crippen molar-refractivity contribution < 1.29 is 14.3 Å². The molecule has 3 heteroatoms. The van der Waals surface area contributed by atoms with Gasteiger partial charge in [0, 0.05) is 6.92 Å². The second-order valence-electron chi connectivity index (χ2n) is 3.12. The van der Waals surface area contributed by atoms with E-state index in [1.807, 2.05) is 0 Å². The molecule has 0 N–H and O–H groups in total. The summed E-state index contributed by atoms with van der Waals surface area (Å²) in [7, 11) is 0. The molecule has 0 aliphatic rings. The van der Waals surface area contributed by atoms with Gasteiger partial charge in [-0.2, -0.15) is 0 Å². The quantitative estimate of drug-likeness (QED) is 0.496. The summed E-state index contributed by atoms with van der Waals surface area (Å²) in [6, 6.07) is 0. The summed E-state index contributed by atoms with van der Waals surface area (Å²) in [5.74, 6) is -0.320. The highest BCUT2D eigenvalue weighted by Gasteiger charge is 2.12. The average Bonchev–Trinajstić information content (AvgIpc) is 2.00. The Kier molecular flexibility index (Phi) is 4.38. The lowest BCUT2D eigenvalue weighted by Crippen LogP contribution is -2.16. The van der Waals surface area contributed by atoms with Crippen LogP contribution < -0.4 is 0 Å². The normalized spacial score (nSPS) is 14.5. The lowest BCUT2D eigenvalue weighted by Gasteiger charge is -2.14. The van der Waals surface area contributed by atoms with Gasteiger partial charge in [0.25, 0.3) is 0 Å². The van der Waals surface area contributed by atoms with Gasteiger partial charge in [0.15, 0.2) is 5.78 Å². The standard InChI is InChI=1S/C10H16O3/c1-6(8(3)11)7(2)9(4)13-10(5)12/h9H,1-5H3/b7-6-. The largest absolute Gasteiger partial charge is 0.458 e. The van der Waals surface area contributed by atoms with Gasteiger partial charge in [-0.15, -0.1) is 0 Å². The zero-order valence-electron chi connectivity index (χ0n) is 8.80. The summed E-state index contributed by atoms with van der Waals surface area (Å²) in [6.45, 7) is 8.14. The summed E-state index contributed by atoms with van der Waals surface area (Å²) in [6.07, 6.45) is -0.318. The molecule has 0 saturated heterocycles. The third-order valence-corrected chi connectivity index (χ3v) is 2.07. The fourth-order valence-electron chi connectivity index (χ4n) is 0.920. The number of allylic oxidation sites excluding steroid dienone is 1. The van der Waals surface area contributed by atoms with E-state index in [9.17, 15) is 9.59 Å². The Labute approximate surface area is 78.8 Å². The van der Waals surface area contributed by atoms with E-state index in [0.29, 0.717) is 5.57 Å². The van der Waals surface area contributed by atoms with E-state index in [1.165, 1.54) is 13.8 Å². The number of ether oxygens (including phenoxy) is 1. The fourth-order valence-corrected chi connectivity index (χ4v) is 0.920. The van der Waals surface area contributed by atoms with E-state index in [2.05, 4.69) is 0 Å². The molecule has 0 aliphatic heterocycles. The van der Waals surface area contributed by atoms with Crippen LogP contribution in [0.5, 0.6) is 0 Å². The van der Waals surface area contributed by atoms with E-state index in [0.717, 1.165) is 5.57 Å². The average molecular weight is 184 g/mol. The van der Waals surface area contributed by atoms with Crippen LogP contribution in [0.4, 0.5) is 0 Å². The van der Waals surface area contributed by atoms with Crippen molar-refractivity contribution in [3.05, 3.63) is 11.1 Å². The Morgan fingerprint density at radius 1 is 1.08 bits per heavy atom. The molecule has 0 amide bonds. The van der Waals surface area contributed by atoms with Gasteiger partial charge in [0.05, 0.1) is 0 Å². The molecule has 0 aromatic heterocycles. The summed E-state index contributed by atoms with van der Waals surface area (Å²) < 4.78 is 4.93. The number of hydrogen-bond acceptors (Lipinski definition) is 3. The van der Waals surface area contributed by atoms with Gasteiger partial charge < -0.3 is 4.74 Å². The van der Waals surface area contributed by atoms with Crippen LogP contribution in [0, 0.1) is 0 Å². The Bertz CT molecular complexity index is 251. The van der Waals surface area contributed by atoms with E-state index < -0.39 is 0 Å². The van der Waals surface area contributed by atoms with Crippen LogP contribution in [0.2, 0.25) is 0 Å². The monoisotopic (exact) mass is 184 g/mol. The molecule has 3 nitrogen and oxygen atoms in total. The van der Waals surface area contributed by atoms with Gasteiger partial charge in [-0.05, 0) is 38.8 Å². The van der Waals surface area contributed by atoms with Crippen molar-refractivity contribution >= 4 is 11.8 Å². The Morgan fingerprint density at radius 3 is 1.85 bits per heavy atom. The van der Waals surface area contributed by atoms with E-state index in [-0.39, 0.29) is 17.9 Å². The third kappa shape index (κ3) is 3.87. The summed E-state index contributed by atoms with van der Waals surface area (Å²) in [4.78, 5) is 21.6. The first-order valence-electron chi connectivity index (χ1n) is 4.21. The Balaban J connectivity index is 4.57. The first kappa shape index (κ1) is 11.9. The van der Waals surface area contributed by atoms with Gasteiger partial charge in [-0.3, -0.25) is 9.59 Å². The predicted molar refractivity (Wildman–Crippen MR) is 50.3 cm³/mol. The smallest absolute Gasteiger partial charge is 0.303 e. The zero-order chi connectivity index (χ0) is 10.6. The van der Waals surface area contributed by atoms with Crippen LogP contribution >= 0.6 is 0 Å². The van der Waals surface area contributed by atoms with Crippen LogP contribution in [0.25, 0.3) is 0 Å². The van der Waals surface area contributed by atoms with Crippen molar-refractivity contribution in [1.29, 1.82) is 0 Å². The second kappa shape index (κ2) is 4.80. The molecule has 0 radical (unpaired) electrons. The van der Waals surface area contributed by atoms with Gasteiger partial charge in [-0.25, -0.2) is 0 Å². The molecule has 0 rings (SSSR count). The number of hydrogen-bond donors (Lipinski definition) is 0. The van der Waals surface area contributed by atoms with E-state index in [4.69, 9.17) is 4.74 Å². The van der Waals surface area contributed by atoms with Gasteiger partial charge >= 0.3 is 5.97 Å². The summed E-state index contributed by atoms with van der Waals surface area (Å²) in [5, 5.41) is 0. The van der Waals surface area contributed by atoms with Gasteiger partial charge in [-0.1, -0.05) is 0 Å². The van der Waals surface area contributed by atoms with Crippen molar-refractivity contribution in [1.82, 2.24) is 0 Å². The maximum Gasteiger partial charge on any atom is 0.303 e. The molecule has 0 saturated carbocycles. The number of Topliss-reactive ketones (excluding diaryl/α,β-unsaturated/α-hetero) is 1. The maximum atomic E-state index is 11.0. The van der Waals surface area contributed by atoms with Crippen molar-refractivity contribution in [2.45, 2.75) is 40.7 Å². The number of rotatable bonds is 3. The Morgan fingerprint density at radius 2 is 1.54 bits per heavy atom. The van der Waals surface area contributed by atoms with Crippen molar-refractivity contribution in [2.75, 3.05) is 0 Å². The highest BCUT2D eigenvalue weighted by molar-refractivity contribution is 5.93. The minimum absolute atomic E-state index is 0.0107. The molecule has 1 atom stereocenters.